The minimum absolute atomic E-state index is 0.389. The zero-order chi connectivity index (χ0) is 11.0. The maximum absolute atomic E-state index is 5.80. The number of rotatable bonds is 1. The Morgan fingerprint density at radius 1 is 1.19 bits per heavy atom. The largest absolute Gasteiger partial charge is 0.382 e. The Kier molecular flexibility index (Phi) is 2.29. The molecule has 16 heavy (non-hydrogen) atoms. The molecule has 84 valence electrons. The van der Waals surface area contributed by atoms with Crippen molar-refractivity contribution < 1.29 is 4.74 Å². The van der Waals surface area contributed by atoms with Crippen molar-refractivity contribution in [2.45, 2.75) is 0 Å². The average molecular weight is 238 g/mol. The van der Waals surface area contributed by atoms with Gasteiger partial charge in [-0.3, -0.25) is 0 Å². The molecule has 3 rings (SSSR count). The number of nitrogen functional groups attached to an aromatic ring is 1. The van der Waals surface area contributed by atoms with Crippen LogP contribution in [0.2, 0.25) is 0 Å². The van der Waals surface area contributed by atoms with Crippen LogP contribution in [0.4, 0.5) is 11.8 Å². The van der Waals surface area contributed by atoms with Crippen LogP contribution in [0.25, 0.3) is 11.2 Å². The van der Waals surface area contributed by atoms with Crippen LogP contribution in [0.1, 0.15) is 0 Å². The number of fused-ring (bicyclic) bond motifs is 1. The monoisotopic (exact) mass is 238 g/mol. The Hall–Kier alpha value is -1.54. The molecule has 1 aliphatic heterocycles. The summed E-state index contributed by atoms with van der Waals surface area (Å²) in [6.45, 7) is 2.94. The Morgan fingerprint density at radius 3 is 2.81 bits per heavy atom. The van der Waals surface area contributed by atoms with Crippen LogP contribution < -0.4 is 10.6 Å². The predicted octanol–water partition coefficient (Wildman–Crippen LogP) is -0.0999. The molecule has 0 bridgehead atoms. The van der Waals surface area contributed by atoms with E-state index < -0.39 is 0 Å². The third-order valence-corrected chi connectivity index (χ3v) is 2.95. The van der Waals surface area contributed by atoms with Crippen LogP contribution in [0.5, 0.6) is 0 Å². The lowest BCUT2D eigenvalue weighted by Gasteiger charge is -2.26. The lowest BCUT2D eigenvalue weighted by molar-refractivity contribution is 0.122. The van der Waals surface area contributed by atoms with Crippen LogP contribution in [0.15, 0.2) is 0 Å². The lowest BCUT2D eigenvalue weighted by atomic mass is 10.4. The molecule has 0 spiro atoms. The third-order valence-electron chi connectivity index (χ3n) is 2.43. The Bertz CT molecular complexity index is 508. The third kappa shape index (κ3) is 1.55. The van der Waals surface area contributed by atoms with Crippen LogP contribution >= 0.6 is 11.7 Å². The first-order valence-electron chi connectivity index (χ1n) is 4.93. The number of hydrogen-bond donors (Lipinski definition) is 1. The molecule has 3 heterocycles. The van der Waals surface area contributed by atoms with Crippen molar-refractivity contribution in [1.29, 1.82) is 0 Å². The van der Waals surface area contributed by atoms with Crippen molar-refractivity contribution in [1.82, 2.24) is 18.7 Å². The number of morpholine rings is 1. The molecular formula is C8H10N6OS. The fraction of sp³-hybridized carbons (Fsp3) is 0.500. The van der Waals surface area contributed by atoms with Crippen LogP contribution in [-0.2, 0) is 4.74 Å². The number of hydrogen-bond acceptors (Lipinski definition) is 8. The molecule has 0 saturated carbocycles. The highest BCUT2D eigenvalue weighted by molar-refractivity contribution is 7.00. The van der Waals surface area contributed by atoms with Crippen LogP contribution in [-0.4, -0.2) is 45.0 Å². The van der Waals surface area contributed by atoms with E-state index in [1.165, 1.54) is 0 Å². The molecule has 8 heteroatoms. The van der Waals surface area contributed by atoms with Gasteiger partial charge in [0.25, 0.3) is 0 Å². The van der Waals surface area contributed by atoms with Crippen molar-refractivity contribution in [3.63, 3.8) is 0 Å². The predicted molar refractivity (Wildman–Crippen MR) is 60.4 cm³/mol. The van der Waals surface area contributed by atoms with Gasteiger partial charge in [-0.05, 0) is 0 Å². The summed E-state index contributed by atoms with van der Waals surface area (Å²) in [4.78, 5) is 10.6. The zero-order valence-corrected chi connectivity index (χ0v) is 9.27. The van der Waals surface area contributed by atoms with Gasteiger partial charge in [-0.25, -0.2) is 0 Å². The fourth-order valence-electron chi connectivity index (χ4n) is 1.60. The van der Waals surface area contributed by atoms with Gasteiger partial charge in [-0.2, -0.15) is 18.7 Å². The summed E-state index contributed by atoms with van der Waals surface area (Å²) in [6.07, 6.45) is 0. The minimum Gasteiger partial charge on any atom is -0.382 e. The first-order valence-corrected chi connectivity index (χ1v) is 5.66. The van der Waals surface area contributed by atoms with E-state index in [4.69, 9.17) is 10.5 Å². The van der Waals surface area contributed by atoms with Gasteiger partial charge in [0.15, 0.2) is 11.3 Å². The summed E-state index contributed by atoms with van der Waals surface area (Å²) in [5, 5.41) is 0. The van der Waals surface area contributed by atoms with Gasteiger partial charge in [-0.15, -0.1) is 0 Å². The number of anilines is 2. The second-order valence-electron chi connectivity index (χ2n) is 3.44. The minimum atomic E-state index is 0.389. The van der Waals surface area contributed by atoms with E-state index in [9.17, 15) is 0 Å². The summed E-state index contributed by atoms with van der Waals surface area (Å²) >= 11 is 1.10. The number of ether oxygens (including phenoxy) is 1. The van der Waals surface area contributed by atoms with Gasteiger partial charge in [0.2, 0.25) is 11.6 Å². The summed E-state index contributed by atoms with van der Waals surface area (Å²) in [7, 11) is 0. The highest BCUT2D eigenvalue weighted by atomic mass is 32.1. The first-order chi connectivity index (χ1) is 7.84. The van der Waals surface area contributed by atoms with Gasteiger partial charge >= 0.3 is 0 Å². The highest BCUT2D eigenvalue weighted by Gasteiger charge is 2.16. The van der Waals surface area contributed by atoms with Crippen molar-refractivity contribution >= 4 is 34.7 Å². The normalized spacial score (nSPS) is 16.9. The molecule has 2 aromatic rings. The summed E-state index contributed by atoms with van der Waals surface area (Å²) in [5.41, 5.74) is 6.96. The molecule has 0 amide bonds. The molecule has 1 fully saturated rings. The zero-order valence-electron chi connectivity index (χ0n) is 8.46. The molecule has 7 nitrogen and oxygen atoms in total. The molecule has 0 aliphatic carbocycles. The average Bonchev–Trinajstić information content (AvgIpc) is 2.79. The molecule has 0 unspecified atom stereocenters. The van der Waals surface area contributed by atoms with E-state index in [0.29, 0.717) is 36.1 Å². The topological polar surface area (TPSA) is 90.0 Å². The van der Waals surface area contributed by atoms with Gasteiger partial charge in [0.1, 0.15) is 0 Å². The second-order valence-corrected chi connectivity index (χ2v) is 3.97. The standard InChI is InChI=1S/C8H10N6OS/c9-6-5-7(13-16-12-5)11-8(10-6)14-1-3-15-4-2-14/h1-4H2,(H2,9,10,11,13). The van der Waals surface area contributed by atoms with Crippen molar-refractivity contribution in [2.24, 2.45) is 0 Å². The number of nitrogens with zero attached hydrogens (tertiary/aromatic N) is 5. The SMILES string of the molecule is Nc1nc(N2CCOCC2)nc2nsnc12. The molecule has 2 aromatic heterocycles. The van der Waals surface area contributed by atoms with E-state index >= 15 is 0 Å². The Labute approximate surface area is 95.6 Å². The van der Waals surface area contributed by atoms with Gasteiger partial charge in [-0.1, -0.05) is 0 Å². The smallest absolute Gasteiger partial charge is 0.229 e. The quantitative estimate of drug-likeness (QED) is 0.741. The molecule has 0 atom stereocenters. The van der Waals surface area contributed by atoms with E-state index in [2.05, 4.69) is 18.7 Å². The molecule has 0 radical (unpaired) electrons. The molecule has 0 aromatic carbocycles. The fourth-order valence-corrected chi connectivity index (χ4v) is 2.11. The summed E-state index contributed by atoms with van der Waals surface area (Å²) < 4.78 is 13.4. The number of nitrogens with two attached hydrogens (primary N) is 1. The molecule has 1 saturated heterocycles. The van der Waals surface area contributed by atoms with E-state index in [0.717, 1.165) is 24.8 Å². The summed E-state index contributed by atoms with van der Waals surface area (Å²) in [5.74, 6) is 1.00. The van der Waals surface area contributed by atoms with E-state index in [1.807, 2.05) is 4.90 Å². The second kappa shape index (κ2) is 3.80. The van der Waals surface area contributed by atoms with Gasteiger partial charge in [0, 0.05) is 13.1 Å². The van der Waals surface area contributed by atoms with E-state index in [-0.39, 0.29) is 0 Å². The van der Waals surface area contributed by atoms with Crippen molar-refractivity contribution in [2.75, 3.05) is 36.9 Å². The first kappa shape index (κ1) is 9.67. The Morgan fingerprint density at radius 2 is 2.00 bits per heavy atom. The summed E-state index contributed by atoms with van der Waals surface area (Å²) in [6, 6.07) is 0. The Balaban J connectivity index is 2.02. The van der Waals surface area contributed by atoms with E-state index in [1.54, 1.807) is 0 Å². The van der Waals surface area contributed by atoms with Crippen LogP contribution in [0.3, 0.4) is 0 Å². The van der Waals surface area contributed by atoms with Gasteiger partial charge < -0.3 is 15.4 Å². The maximum Gasteiger partial charge on any atom is 0.229 e. The molecular weight excluding hydrogens is 228 g/mol. The molecule has 2 N–H and O–H groups in total. The molecule has 1 aliphatic rings. The van der Waals surface area contributed by atoms with Crippen molar-refractivity contribution in [3.05, 3.63) is 0 Å². The van der Waals surface area contributed by atoms with Crippen LogP contribution in [0, 0.1) is 0 Å². The highest BCUT2D eigenvalue weighted by Crippen LogP contribution is 2.19. The maximum atomic E-state index is 5.80. The lowest BCUT2D eigenvalue weighted by Crippen LogP contribution is -2.37. The van der Waals surface area contributed by atoms with Gasteiger partial charge in [0.05, 0.1) is 24.9 Å². The number of aromatic nitrogens is 4. The van der Waals surface area contributed by atoms with Crippen molar-refractivity contribution in [3.8, 4) is 0 Å².